The molecule has 0 aliphatic carbocycles. The van der Waals surface area contributed by atoms with Crippen LogP contribution in [0.4, 0.5) is 0 Å². The fraction of sp³-hybridized carbons (Fsp3) is 0.286. The van der Waals surface area contributed by atoms with E-state index in [2.05, 4.69) is 20.7 Å². The van der Waals surface area contributed by atoms with Crippen LogP contribution in [0.15, 0.2) is 52.0 Å². The first-order chi connectivity index (χ1) is 9.51. The average molecular weight is 358 g/mol. The lowest BCUT2D eigenvalue weighted by Crippen LogP contribution is -2.34. The summed E-state index contributed by atoms with van der Waals surface area (Å²) in [5.74, 6) is 0.759. The van der Waals surface area contributed by atoms with E-state index in [0.29, 0.717) is 11.8 Å². The van der Waals surface area contributed by atoms with Crippen LogP contribution in [-0.2, 0) is 21.8 Å². The van der Waals surface area contributed by atoms with Crippen LogP contribution in [-0.4, -0.2) is 14.5 Å². The zero-order valence-electron chi connectivity index (χ0n) is 11.0. The summed E-state index contributed by atoms with van der Waals surface area (Å²) in [6, 6.07) is 10.2. The first-order valence-corrected chi connectivity index (χ1v) is 8.81. The van der Waals surface area contributed by atoms with Crippen molar-refractivity contribution in [1.82, 2.24) is 4.72 Å². The number of sulfonamides is 1. The maximum absolute atomic E-state index is 12.2. The van der Waals surface area contributed by atoms with Crippen molar-refractivity contribution < 1.29 is 12.8 Å². The van der Waals surface area contributed by atoms with Gasteiger partial charge in [-0.25, -0.2) is 13.1 Å². The van der Waals surface area contributed by atoms with Crippen molar-refractivity contribution in [2.45, 2.75) is 29.6 Å². The van der Waals surface area contributed by atoms with Gasteiger partial charge in [-0.2, -0.15) is 0 Å². The van der Waals surface area contributed by atoms with Crippen molar-refractivity contribution in [2.75, 3.05) is 0 Å². The van der Waals surface area contributed by atoms with E-state index >= 15 is 0 Å². The number of hydrogen-bond donors (Lipinski definition) is 1. The third kappa shape index (κ3) is 3.94. The fourth-order valence-electron chi connectivity index (χ4n) is 1.86. The van der Waals surface area contributed by atoms with E-state index in [1.807, 2.05) is 13.0 Å². The Morgan fingerprint density at radius 2 is 1.95 bits per heavy atom. The molecule has 1 atom stereocenters. The van der Waals surface area contributed by atoms with E-state index in [-0.39, 0.29) is 10.9 Å². The van der Waals surface area contributed by atoms with E-state index in [9.17, 15) is 8.42 Å². The van der Waals surface area contributed by atoms with Crippen LogP contribution in [0.2, 0.25) is 0 Å². The van der Waals surface area contributed by atoms with Crippen molar-refractivity contribution >= 4 is 26.0 Å². The standard InChI is InChI=1S/C14H16BrNO3S/c1-11(9-13-3-2-8-19-13)16-20(17,18)14-6-4-12(10-15)5-7-14/h2-8,11,16H,9-10H2,1H3. The molecular formula is C14H16BrNO3S. The van der Waals surface area contributed by atoms with Crippen LogP contribution in [0.25, 0.3) is 0 Å². The molecule has 1 N–H and O–H groups in total. The molecule has 4 nitrogen and oxygen atoms in total. The molecule has 1 heterocycles. The largest absolute Gasteiger partial charge is 0.469 e. The highest BCUT2D eigenvalue weighted by Gasteiger charge is 2.18. The minimum absolute atomic E-state index is 0.234. The van der Waals surface area contributed by atoms with E-state index in [0.717, 1.165) is 11.3 Å². The van der Waals surface area contributed by atoms with Gasteiger partial charge < -0.3 is 4.42 Å². The molecular weight excluding hydrogens is 342 g/mol. The van der Waals surface area contributed by atoms with Gasteiger partial charge in [0.15, 0.2) is 0 Å². The third-order valence-corrected chi connectivity index (χ3v) is 5.08. The Bertz CT molecular complexity index is 636. The van der Waals surface area contributed by atoms with Crippen molar-refractivity contribution in [2.24, 2.45) is 0 Å². The van der Waals surface area contributed by atoms with E-state index in [1.54, 1.807) is 36.6 Å². The number of rotatable bonds is 6. The summed E-state index contributed by atoms with van der Waals surface area (Å²) in [5.41, 5.74) is 1.03. The van der Waals surface area contributed by atoms with Gasteiger partial charge in [-0.1, -0.05) is 28.1 Å². The first kappa shape index (κ1) is 15.3. The van der Waals surface area contributed by atoms with Gasteiger partial charge in [0.1, 0.15) is 5.76 Å². The topological polar surface area (TPSA) is 59.3 Å². The van der Waals surface area contributed by atoms with Crippen molar-refractivity contribution in [1.29, 1.82) is 0 Å². The Labute approximate surface area is 127 Å². The molecule has 0 bridgehead atoms. The van der Waals surface area contributed by atoms with Crippen LogP contribution < -0.4 is 4.72 Å². The number of benzene rings is 1. The van der Waals surface area contributed by atoms with Gasteiger partial charge >= 0.3 is 0 Å². The second kappa shape index (κ2) is 6.56. The van der Waals surface area contributed by atoms with Crippen molar-refractivity contribution in [3.63, 3.8) is 0 Å². The molecule has 1 unspecified atom stereocenters. The monoisotopic (exact) mass is 357 g/mol. The Balaban J connectivity index is 2.05. The quantitative estimate of drug-likeness (QED) is 0.808. The molecule has 0 amide bonds. The number of nitrogens with one attached hydrogen (secondary N) is 1. The molecule has 108 valence electrons. The minimum atomic E-state index is -3.49. The number of furan rings is 1. The normalized spacial score (nSPS) is 13.3. The van der Waals surface area contributed by atoms with E-state index in [4.69, 9.17) is 4.42 Å². The van der Waals surface area contributed by atoms with Crippen LogP contribution in [0.1, 0.15) is 18.2 Å². The molecule has 0 spiro atoms. The lowest BCUT2D eigenvalue weighted by atomic mass is 10.2. The van der Waals surface area contributed by atoms with Gasteiger partial charge in [-0.15, -0.1) is 0 Å². The summed E-state index contributed by atoms with van der Waals surface area (Å²) < 4.78 is 32.3. The highest BCUT2D eigenvalue weighted by atomic mass is 79.9. The maximum atomic E-state index is 12.2. The van der Waals surface area contributed by atoms with Crippen LogP contribution in [0.3, 0.4) is 0 Å². The van der Waals surface area contributed by atoms with E-state index < -0.39 is 10.0 Å². The minimum Gasteiger partial charge on any atom is -0.469 e. The SMILES string of the molecule is CC(Cc1ccco1)NS(=O)(=O)c1ccc(CBr)cc1. The smallest absolute Gasteiger partial charge is 0.240 e. The molecule has 1 aromatic carbocycles. The third-order valence-electron chi connectivity index (χ3n) is 2.83. The number of hydrogen-bond acceptors (Lipinski definition) is 3. The average Bonchev–Trinajstić information content (AvgIpc) is 2.91. The summed E-state index contributed by atoms with van der Waals surface area (Å²) in [7, 11) is -3.49. The molecule has 6 heteroatoms. The molecule has 2 rings (SSSR count). The molecule has 0 fully saturated rings. The second-order valence-electron chi connectivity index (χ2n) is 4.58. The predicted octanol–water partition coefficient (Wildman–Crippen LogP) is 3.08. The van der Waals surface area contributed by atoms with Crippen LogP contribution in [0.5, 0.6) is 0 Å². The zero-order chi connectivity index (χ0) is 14.6. The van der Waals surface area contributed by atoms with Crippen LogP contribution >= 0.6 is 15.9 Å². The Morgan fingerprint density at radius 3 is 2.50 bits per heavy atom. The molecule has 0 saturated carbocycles. The summed E-state index contributed by atoms with van der Waals surface area (Å²) >= 11 is 3.33. The lowest BCUT2D eigenvalue weighted by molar-refractivity contribution is 0.479. The van der Waals surface area contributed by atoms with Gasteiger partial charge in [-0.05, 0) is 36.8 Å². The van der Waals surface area contributed by atoms with Gasteiger partial charge in [0, 0.05) is 17.8 Å². The van der Waals surface area contributed by atoms with Gasteiger partial charge in [0.05, 0.1) is 11.2 Å². The molecule has 1 aromatic heterocycles. The first-order valence-electron chi connectivity index (χ1n) is 6.21. The van der Waals surface area contributed by atoms with Gasteiger partial charge in [0.2, 0.25) is 10.0 Å². The summed E-state index contributed by atoms with van der Waals surface area (Å²) in [4.78, 5) is 0.272. The molecule has 0 saturated heterocycles. The molecule has 0 radical (unpaired) electrons. The highest BCUT2D eigenvalue weighted by Crippen LogP contribution is 2.14. The summed E-state index contributed by atoms with van der Waals surface area (Å²) in [6.07, 6.45) is 2.10. The second-order valence-corrected chi connectivity index (χ2v) is 6.86. The van der Waals surface area contributed by atoms with Crippen molar-refractivity contribution in [3.05, 3.63) is 54.0 Å². The van der Waals surface area contributed by atoms with E-state index in [1.165, 1.54) is 0 Å². The summed E-state index contributed by atoms with van der Waals surface area (Å²) in [6.45, 7) is 1.81. The fourth-order valence-corrected chi connectivity index (χ4v) is 3.48. The molecule has 0 aliphatic heterocycles. The molecule has 20 heavy (non-hydrogen) atoms. The molecule has 0 aliphatic rings. The highest BCUT2D eigenvalue weighted by molar-refractivity contribution is 9.08. The zero-order valence-corrected chi connectivity index (χ0v) is 13.4. The van der Waals surface area contributed by atoms with Crippen LogP contribution in [0, 0.1) is 0 Å². The Kier molecular flexibility index (Phi) is 5.01. The Hall–Kier alpha value is -1.11. The van der Waals surface area contributed by atoms with Gasteiger partial charge in [-0.3, -0.25) is 0 Å². The maximum Gasteiger partial charge on any atom is 0.240 e. The lowest BCUT2D eigenvalue weighted by Gasteiger charge is -2.13. The van der Waals surface area contributed by atoms with Gasteiger partial charge in [0.25, 0.3) is 0 Å². The number of halogens is 1. The summed E-state index contributed by atoms with van der Waals surface area (Å²) in [5, 5.41) is 0.704. The van der Waals surface area contributed by atoms with Crippen molar-refractivity contribution in [3.8, 4) is 0 Å². The molecule has 2 aromatic rings. The Morgan fingerprint density at radius 1 is 1.25 bits per heavy atom. The number of alkyl halides is 1. The predicted molar refractivity (Wildman–Crippen MR) is 81.3 cm³/mol.